The molecule has 1 atom stereocenters. The smallest absolute Gasteiger partial charge is 0.325 e. The molecule has 1 aromatic rings. The summed E-state index contributed by atoms with van der Waals surface area (Å²) in [5.41, 5.74) is 1.43. The molecule has 1 fully saturated rings. The largest absolute Gasteiger partial charge is 0.508 e. The Morgan fingerprint density at radius 2 is 2.16 bits per heavy atom. The predicted molar refractivity (Wildman–Crippen MR) is 72.3 cm³/mol. The lowest BCUT2D eigenvalue weighted by molar-refractivity contribution is -0.143. The molecule has 1 aliphatic heterocycles. The first-order chi connectivity index (χ1) is 9.09. The monoisotopic (exact) mass is 264 g/mol. The number of phenols is 1. The van der Waals surface area contributed by atoms with Gasteiger partial charge in [0.1, 0.15) is 11.8 Å². The molecule has 1 heterocycles. The van der Waals surface area contributed by atoms with E-state index in [9.17, 15) is 15.0 Å². The number of hydrogen-bond acceptors (Lipinski definition) is 4. The number of benzene rings is 1. The fraction of sp³-hybridized carbons (Fsp3) is 0.500. The van der Waals surface area contributed by atoms with E-state index in [4.69, 9.17) is 0 Å². The van der Waals surface area contributed by atoms with Crippen LogP contribution in [-0.2, 0) is 4.79 Å². The Labute approximate surface area is 112 Å². The molecule has 0 radical (unpaired) electrons. The second kappa shape index (κ2) is 6.04. The number of nitrogens with one attached hydrogen (secondary N) is 1. The lowest BCUT2D eigenvalue weighted by Crippen LogP contribution is -2.36. The molecule has 104 valence electrons. The molecular formula is C14H20N2O3. The van der Waals surface area contributed by atoms with E-state index in [1.165, 1.54) is 0 Å². The highest BCUT2D eigenvalue weighted by molar-refractivity contribution is 5.76. The number of carboxylic acid groups (broad SMARTS) is 1. The van der Waals surface area contributed by atoms with E-state index in [-0.39, 0.29) is 5.75 Å². The van der Waals surface area contributed by atoms with Crippen LogP contribution in [0.2, 0.25) is 0 Å². The van der Waals surface area contributed by atoms with Crippen molar-refractivity contribution in [3.05, 3.63) is 29.3 Å². The maximum Gasteiger partial charge on any atom is 0.325 e. The minimum atomic E-state index is -0.914. The molecule has 1 aliphatic rings. The van der Waals surface area contributed by atoms with Gasteiger partial charge in [-0.1, -0.05) is 17.7 Å². The number of aliphatic carboxylic acids is 1. The molecule has 0 aliphatic carbocycles. The third-order valence-electron chi connectivity index (χ3n) is 3.45. The van der Waals surface area contributed by atoms with Gasteiger partial charge in [0.25, 0.3) is 0 Å². The van der Waals surface area contributed by atoms with E-state index in [0.717, 1.165) is 31.6 Å². The maximum absolute atomic E-state index is 11.6. The molecule has 0 bridgehead atoms. The van der Waals surface area contributed by atoms with Crippen LogP contribution in [0.1, 0.15) is 23.6 Å². The van der Waals surface area contributed by atoms with Crippen molar-refractivity contribution < 1.29 is 15.0 Å². The third kappa shape index (κ3) is 3.24. The number of aromatic hydroxyl groups is 1. The zero-order chi connectivity index (χ0) is 13.8. The van der Waals surface area contributed by atoms with E-state index in [1.54, 1.807) is 18.2 Å². The standard InChI is InChI=1S/C14H20N2O3/c1-10-3-4-12(17)11(9-10)13(14(18)19)16-7-2-5-15-6-8-16/h3-4,9,13,15,17H,2,5-8H2,1H3,(H,18,19). The van der Waals surface area contributed by atoms with Gasteiger partial charge in [0.2, 0.25) is 0 Å². The molecular weight excluding hydrogens is 244 g/mol. The molecule has 5 heteroatoms. The Bertz CT molecular complexity index is 454. The van der Waals surface area contributed by atoms with Gasteiger partial charge in [-0.15, -0.1) is 0 Å². The van der Waals surface area contributed by atoms with Gasteiger partial charge >= 0.3 is 5.97 Å². The highest BCUT2D eigenvalue weighted by Crippen LogP contribution is 2.30. The number of rotatable bonds is 3. The molecule has 0 saturated carbocycles. The van der Waals surface area contributed by atoms with Crippen molar-refractivity contribution >= 4 is 5.97 Å². The van der Waals surface area contributed by atoms with Crippen LogP contribution in [0.15, 0.2) is 18.2 Å². The van der Waals surface area contributed by atoms with Gasteiger partial charge in [-0.2, -0.15) is 0 Å². The summed E-state index contributed by atoms with van der Waals surface area (Å²) in [6, 6.07) is 4.32. The topological polar surface area (TPSA) is 72.8 Å². The fourth-order valence-corrected chi connectivity index (χ4v) is 2.50. The minimum absolute atomic E-state index is 0.0511. The number of aryl methyl sites for hydroxylation is 1. The molecule has 1 saturated heterocycles. The molecule has 0 amide bonds. The Morgan fingerprint density at radius 3 is 2.89 bits per heavy atom. The highest BCUT2D eigenvalue weighted by Gasteiger charge is 2.29. The maximum atomic E-state index is 11.6. The highest BCUT2D eigenvalue weighted by atomic mass is 16.4. The van der Waals surface area contributed by atoms with Gasteiger partial charge in [-0.05, 0) is 26.0 Å². The molecule has 19 heavy (non-hydrogen) atoms. The van der Waals surface area contributed by atoms with Crippen molar-refractivity contribution in [2.45, 2.75) is 19.4 Å². The van der Waals surface area contributed by atoms with Gasteiger partial charge < -0.3 is 15.5 Å². The van der Waals surface area contributed by atoms with Gasteiger partial charge in [0.05, 0.1) is 0 Å². The fourth-order valence-electron chi connectivity index (χ4n) is 2.50. The Hall–Kier alpha value is -1.59. The summed E-state index contributed by atoms with van der Waals surface area (Å²) >= 11 is 0. The summed E-state index contributed by atoms with van der Waals surface area (Å²) in [5.74, 6) is -0.863. The van der Waals surface area contributed by atoms with Crippen molar-refractivity contribution in [2.75, 3.05) is 26.2 Å². The van der Waals surface area contributed by atoms with Gasteiger partial charge in [0.15, 0.2) is 0 Å². The first-order valence-corrected chi connectivity index (χ1v) is 6.56. The molecule has 1 unspecified atom stereocenters. The second-order valence-electron chi connectivity index (χ2n) is 4.94. The summed E-state index contributed by atoms with van der Waals surface area (Å²) in [6.45, 7) is 4.96. The number of phenolic OH excluding ortho intramolecular Hbond substituents is 1. The summed E-state index contributed by atoms with van der Waals surface area (Å²) in [5, 5.41) is 22.7. The van der Waals surface area contributed by atoms with Gasteiger partial charge in [-0.3, -0.25) is 9.69 Å². The van der Waals surface area contributed by atoms with E-state index in [2.05, 4.69) is 5.32 Å². The normalized spacial score (nSPS) is 18.8. The second-order valence-corrected chi connectivity index (χ2v) is 4.94. The van der Waals surface area contributed by atoms with Crippen molar-refractivity contribution in [1.82, 2.24) is 10.2 Å². The van der Waals surface area contributed by atoms with E-state index in [0.29, 0.717) is 12.1 Å². The van der Waals surface area contributed by atoms with Crippen LogP contribution < -0.4 is 5.32 Å². The molecule has 1 aromatic carbocycles. The predicted octanol–water partition coefficient (Wildman–Crippen LogP) is 1.12. The summed E-state index contributed by atoms with van der Waals surface area (Å²) in [7, 11) is 0. The lowest BCUT2D eigenvalue weighted by atomic mass is 10.0. The van der Waals surface area contributed by atoms with E-state index >= 15 is 0 Å². The Balaban J connectivity index is 2.33. The van der Waals surface area contributed by atoms with E-state index in [1.807, 2.05) is 11.8 Å². The molecule has 2 rings (SSSR count). The number of hydrogen-bond donors (Lipinski definition) is 3. The molecule has 5 nitrogen and oxygen atoms in total. The van der Waals surface area contributed by atoms with Crippen molar-refractivity contribution in [1.29, 1.82) is 0 Å². The van der Waals surface area contributed by atoms with Crippen LogP contribution in [0.25, 0.3) is 0 Å². The van der Waals surface area contributed by atoms with Crippen LogP contribution >= 0.6 is 0 Å². The Morgan fingerprint density at radius 1 is 1.37 bits per heavy atom. The summed E-state index contributed by atoms with van der Waals surface area (Å²) in [6.07, 6.45) is 0.913. The van der Waals surface area contributed by atoms with Crippen LogP contribution in [0.5, 0.6) is 5.75 Å². The average molecular weight is 264 g/mol. The summed E-state index contributed by atoms with van der Waals surface area (Å²) in [4.78, 5) is 13.5. The SMILES string of the molecule is Cc1ccc(O)c(C(C(=O)O)N2CCCNCC2)c1. The van der Waals surface area contributed by atoms with Crippen molar-refractivity contribution in [2.24, 2.45) is 0 Å². The first kappa shape index (κ1) is 13.8. The molecule has 0 aromatic heterocycles. The number of nitrogens with zero attached hydrogens (tertiary/aromatic N) is 1. The number of carbonyl (C=O) groups is 1. The van der Waals surface area contributed by atoms with Crippen LogP contribution in [0.4, 0.5) is 0 Å². The zero-order valence-electron chi connectivity index (χ0n) is 11.1. The minimum Gasteiger partial charge on any atom is -0.508 e. The molecule has 3 N–H and O–H groups in total. The van der Waals surface area contributed by atoms with E-state index < -0.39 is 12.0 Å². The van der Waals surface area contributed by atoms with Crippen LogP contribution in [0.3, 0.4) is 0 Å². The van der Waals surface area contributed by atoms with Gasteiger partial charge in [-0.25, -0.2) is 0 Å². The lowest BCUT2D eigenvalue weighted by Gasteiger charge is -2.28. The average Bonchev–Trinajstić information content (AvgIpc) is 2.62. The van der Waals surface area contributed by atoms with Crippen molar-refractivity contribution in [3.8, 4) is 5.75 Å². The van der Waals surface area contributed by atoms with Crippen molar-refractivity contribution in [3.63, 3.8) is 0 Å². The zero-order valence-corrected chi connectivity index (χ0v) is 11.1. The quantitative estimate of drug-likeness (QED) is 0.763. The third-order valence-corrected chi connectivity index (χ3v) is 3.45. The van der Waals surface area contributed by atoms with Crippen LogP contribution in [0, 0.1) is 6.92 Å². The summed E-state index contributed by atoms with van der Waals surface area (Å²) < 4.78 is 0. The number of carboxylic acids is 1. The van der Waals surface area contributed by atoms with Crippen LogP contribution in [-0.4, -0.2) is 47.3 Å². The van der Waals surface area contributed by atoms with Gasteiger partial charge in [0, 0.05) is 25.2 Å². The molecule has 0 spiro atoms. The Kier molecular flexibility index (Phi) is 4.39. The first-order valence-electron chi connectivity index (χ1n) is 6.56.